The summed E-state index contributed by atoms with van der Waals surface area (Å²) in [6.07, 6.45) is 1.71. The summed E-state index contributed by atoms with van der Waals surface area (Å²) in [5.74, 6) is 1.13. The first kappa shape index (κ1) is 17.5. The third kappa shape index (κ3) is 3.64. The van der Waals surface area contributed by atoms with Crippen LogP contribution in [0.25, 0.3) is 11.5 Å². The van der Waals surface area contributed by atoms with Crippen molar-refractivity contribution >= 4 is 28.3 Å². The Kier molecular flexibility index (Phi) is 4.53. The molecular weight excluding hydrogens is 362 g/mol. The minimum atomic E-state index is -0.427. The molecule has 6 nitrogen and oxygen atoms in total. The molecule has 27 heavy (non-hydrogen) atoms. The van der Waals surface area contributed by atoms with E-state index in [0.29, 0.717) is 28.9 Å². The van der Waals surface area contributed by atoms with Gasteiger partial charge in [-0.1, -0.05) is 30.3 Å². The maximum absolute atomic E-state index is 12.8. The molecule has 7 heteroatoms. The molecule has 3 aromatic rings. The molecule has 1 aliphatic carbocycles. The lowest BCUT2D eigenvalue weighted by Crippen LogP contribution is -2.27. The SMILES string of the molecule is CC(=O)NCc1ccc(-c2csc(NC(=O)C3(c4ccccc4)CC3)n2)o1. The highest BCUT2D eigenvalue weighted by atomic mass is 32.1. The van der Waals surface area contributed by atoms with Crippen LogP contribution in [0, 0.1) is 0 Å². The van der Waals surface area contributed by atoms with E-state index in [2.05, 4.69) is 15.6 Å². The average molecular weight is 381 g/mol. The lowest BCUT2D eigenvalue weighted by atomic mass is 9.95. The van der Waals surface area contributed by atoms with Crippen LogP contribution in [0.2, 0.25) is 0 Å². The molecule has 0 atom stereocenters. The Morgan fingerprint density at radius 3 is 2.67 bits per heavy atom. The quantitative estimate of drug-likeness (QED) is 0.682. The topological polar surface area (TPSA) is 84.2 Å². The molecule has 1 saturated carbocycles. The van der Waals surface area contributed by atoms with E-state index < -0.39 is 5.41 Å². The highest BCUT2D eigenvalue weighted by Gasteiger charge is 2.51. The molecule has 0 radical (unpaired) electrons. The zero-order valence-electron chi connectivity index (χ0n) is 14.8. The fraction of sp³-hybridized carbons (Fsp3) is 0.250. The Hall–Kier alpha value is -2.93. The third-order valence-electron chi connectivity index (χ3n) is 4.66. The lowest BCUT2D eigenvalue weighted by Gasteiger charge is -2.14. The minimum Gasteiger partial charge on any atom is -0.458 e. The van der Waals surface area contributed by atoms with Crippen LogP contribution in [0.4, 0.5) is 5.13 Å². The van der Waals surface area contributed by atoms with Gasteiger partial charge in [0, 0.05) is 12.3 Å². The summed E-state index contributed by atoms with van der Waals surface area (Å²) in [5, 5.41) is 8.04. The predicted molar refractivity (Wildman–Crippen MR) is 103 cm³/mol. The van der Waals surface area contributed by atoms with Gasteiger partial charge >= 0.3 is 0 Å². The van der Waals surface area contributed by atoms with Crippen molar-refractivity contribution in [1.29, 1.82) is 0 Å². The van der Waals surface area contributed by atoms with E-state index in [1.165, 1.54) is 18.3 Å². The van der Waals surface area contributed by atoms with Crippen LogP contribution >= 0.6 is 11.3 Å². The summed E-state index contributed by atoms with van der Waals surface area (Å²) in [6.45, 7) is 1.80. The molecule has 0 spiro atoms. The van der Waals surface area contributed by atoms with Crippen molar-refractivity contribution in [3.8, 4) is 11.5 Å². The Morgan fingerprint density at radius 1 is 1.19 bits per heavy atom. The van der Waals surface area contributed by atoms with Crippen molar-refractivity contribution in [3.63, 3.8) is 0 Å². The monoisotopic (exact) mass is 381 g/mol. The molecule has 1 fully saturated rings. The summed E-state index contributed by atoms with van der Waals surface area (Å²) in [5.41, 5.74) is 1.28. The van der Waals surface area contributed by atoms with Gasteiger partial charge in [-0.15, -0.1) is 11.3 Å². The lowest BCUT2D eigenvalue weighted by molar-refractivity contribution is -0.119. The largest absolute Gasteiger partial charge is 0.458 e. The number of thiazole rings is 1. The Balaban J connectivity index is 1.44. The highest BCUT2D eigenvalue weighted by Crippen LogP contribution is 2.49. The van der Waals surface area contributed by atoms with E-state index in [-0.39, 0.29) is 11.8 Å². The summed E-state index contributed by atoms with van der Waals surface area (Å²) in [7, 11) is 0. The molecule has 138 valence electrons. The van der Waals surface area contributed by atoms with Gasteiger partial charge in [0.05, 0.1) is 12.0 Å². The number of furan rings is 1. The second-order valence-corrected chi connectivity index (χ2v) is 7.47. The van der Waals surface area contributed by atoms with Gasteiger partial charge in [-0.25, -0.2) is 4.98 Å². The second-order valence-electron chi connectivity index (χ2n) is 6.62. The van der Waals surface area contributed by atoms with Gasteiger partial charge in [0.1, 0.15) is 11.5 Å². The second kappa shape index (κ2) is 7.00. The molecule has 2 aromatic heterocycles. The number of hydrogen-bond donors (Lipinski definition) is 2. The van der Waals surface area contributed by atoms with Crippen molar-refractivity contribution < 1.29 is 14.0 Å². The van der Waals surface area contributed by atoms with Gasteiger partial charge in [-0.3, -0.25) is 9.59 Å². The molecule has 0 unspecified atom stereocenters. The van der Waals surface area contributed by atoms with Crippen LogP contribution in [-0.4, -0.2) is 16.8 Å². The molecule has 2 N–H and O–H groups in total. The van der Waals surface area contributed by atoms with Crippen LogP contribution in [0.15, 0.2) is 52.3 Å². The summed E-state index contributed by atoms with van der Waals surface area (Å²) < 4.78 is 5.70. The predicted octanol–water partition coefficient (Wildman–Crippen LogP) is 3.71. The molecule has 2 heterocycles. The van der Waals surface area contributed by atoms with Gasteiger partial charge in [-0.05, 0) is 30.5 Å². The first-order valence-electron chi connectivity index (χ1n) is 8.73. The van der Waals surface area contributed by atoms with Gasteiger partial charge in [-0.2, -0.15) is 0 Å². The average Bonchev–Trinajstić information content (AvgIpc) is 3.13. The van der Waals surface area contributed by atoms with E-state index in [1.807, 2.05) is 41.8 Å². The number of carbonyl (C=O) groups excluding carboxylic acids is 2. The smallest absolute Gasteiger partial charge is 0.236 e. The minimum absolute atomic E-state index is 0.0135. The van der Waals surface area contributed by atoms with Crippen molar-refractivity contribution in [3.05, 3.63) is 59.2 Å². The van der Waals surface area contributed by atoms with Crippen molar-refractivity contribution in [2.45, 2.75) is 31.7 Å². The third-order valence-corrected chi connectivity index (χ3v) is 5.42. The standard InChI is InChI=1S/C20H19N3O3S/c1-13(24)21-11-15-7-8-17(26-15)16-12-27-19(22-16)23-18(25)20(9-10-20)14-5-3-2-4-6-14/h2-8,12H,9-11H2,1H3,(H,21,24)(H,22,23,25). The number of amides is 2. The first-order valence-corrected chi connectivity index (χ1v) is 9.61. The number of anilines is 1. The number of rotatable bonds is 6. The zero-order valence-corrected chi connectivity index (χ0v) is 15.6. The van der Waals surface area contributed by atoms with Gasteiger partial charge in [0.25, 0.3) is 0 Å². The van der Waals surface area contributed by atoms with Crippen LogP contribution in [0.5, 0.6) is 0 Å². The number of benzene rings is 1. The first-order chi connectivity index (χ1) is 13.1. The normalized spacial score (nSPS) is 14.6. The molecule has 0 bridgehead atoms. The van der Waals surface area contributed by atoms with Crippen LogP contribution in [-0.2, 0) is 21.5 Å². The molecule has 1 aromatic carbocycles. The highest BCUT2D eigenvalue weighted by molar-refractivity contribution is 7.14. The molecule has 0 saturated heterocycles. The van der Waals surface area contributed by atoms with Gasteiger partial charge in [0.15, 0.2) is 10.9 Å². The Morgan fingerprint density at radius 2 is 1.96 bits per heavy atom. The van der Waals surface area contributed by atoms with Crippen LogP contribution in [0.3, 0.4) is 0 Å². The van der Waals surface area contributed by atoms with E-state index >= 15 is 0 Å². The van der Waals surface area contributed by atoms with E-state index in [9.17, 15) is 9.59 Å². The van der Waals surface area contributed by atoms with E-state index in [4.69, 9.17) is 4.42 Å². The number of nitrogens with zero attached hydrogens (tertiary/aromatic N) is 1. The number of hydrogen-bond acceptors (Lipinski definition) is 5. The summed E-state index contributed by atoms with van der Waals surface area (Å²) in [6, 6.07) is 13.5. The molecular formula is C20H19N3O3S. The number of carbonyl (C=O) groups is 2. The number of aromatic nitrogens is 1. The molecule has 2 amide bonds. The molecule has 4 rings (SSSR count). The van der Waals surface area contributed by atoms with Gasteiger partial charge < -0.3 is 15.1 Å². The van der Waals surface area contributed by atoms with Crippen LogP contribution < -0.4 is 10.6 Å². The Labute approximate surface area is 160 Å². The fourth-order valence-electron chi connectivity index (χ4n) is 3.01. The summed E-state index contributed by atoms with van der Waals surface area (Å²) in [4.78, 5) is 28.2. The maximum Gasteiger partial charge on any atom is 0.236 e. The van der Waals surface area contributed by atoms with Crippen molar-refractivity contribution in [2.75, 3.05) is 5.32 Å². The van der Waals surface area contributed by atoms with Crippen molar-refractivity contribution in [1.82, 2.24) is 10.3 Å². The molecule has 1 aliphatic rings. The molecule has 0 aliphatic heterocycles. The van der Waals surface area contributed by atoms with Gasteiger partial charge in [0.2, 0.25) is 11.8 Å². The fourth-order valence-corrected chi connectivity index (χ4v) is 3.71. The Bertz CT molecular complexity index is 973. The maximum atomic E-state index is 12.8. The zero-order chi connectivity index (χ0) is 18.9. The van der Waals surface area contributed by atoms with E-state index in [1.54, 1.807) is 6.07 Å². The van der Waals surface area contributed by atoms with Crippen molar-refractivity contribution in [2.24, 2.45) is 0 Å². The van der Waals surface area contributed by atoms with E-state index in [0.717, 1.165) is 18.4 Å². The summed E-state index contributed by atoms with van der Waals surface area (Å²) >= 11 is 1.37. The number of nitrogens with one attached hydrogen (secondary N) is 2. The van der Waals surface area contributed by atoms with Crippen LogP contribution in [0.1, 0.15) is 31.1 Å².